The lowest BCUT2D eigenvalue weighted by Crippen LogP contribution is -1.98. The van der Waals surface area contributed by atoms with Gasteiger partial charge in [0.25, 0.3) is 0 Å². The Morgan fingerprint density at radius 3 is 2.42 bits per heavy atom. The summed E-state index contributed by atoms with van der Waals surface area (Å²) in [7, 11) is 0. The number of nitrogens with zero attached hydrogens (tertiary/aromatic N) is 2. The summed E-state index contributed by atoms with van der Waals surface area (Å²) in [6.07, 6.45) is 5.58. The highest BCUT2D eigenvalue weighted by molar-refractivity contribution is 5.82. The highest BCUT2D eigenvalue weighted by Gasteiger charge is 2.00. The van der Waals surface area contributed by atoms with Crippen LogP contribution in [0.3, 0.4) is 0 Å². The molecule has 1 heterocycles. The summed E-state index contributed by atoms with van der Waals surface area (Å²) in [6.45, 7) is 1.40. The Morgan fingerprint density at radius 1 is 0.833 bits per heavy atom. The first-order valence-corrected chi connectivity index (χ1v) is 8.02. The van der Waals surface area contributed by atoms with Crippen LogP contribution in [0.15, 0.2) is 85.5 Å². The zero-order valence-corrected chi connectivity index (χ0v) is 13.3. The van der Waals surface area contributed by atoms with Crippen LogP contribution in [-0.4, -0.2) is 9.55 Å². The zero-order chi connectivity index (χ0) is 16.2. The van der Waals surface area contributed by atoms with E-state index in [4.69, 9.17) is 4.74 Å². The Balaban J connectivity index is 1.41. The van der Waals surface area contributed by atoms with Gasteiger partial charge in [-0.25, -0.2) is 4.98 Å². The highest BCUT2D eigenvalue weighted by atomic mass is 16.5. The third-order valence-corrected chi connectivity index (χ3v) is 4.07. The van der Waals surface area contributed by atoms with E-state index in [1.165, 1.54) is 21.9 Å². The number of benzene rings is 3. The van der Waals surface area contributed by atoms with E-state index in [1.54, 1.807) is 6.20 Å². The SMILES string of the molecule is c1ccc2cc(COc3ccc(Cn4ccnc4)cc3)ccc2c1. The Hall–Kier alpha value is -3.07. The van der Waals surface area contributed by atoms with Crippen LogP contribution in [0, 0.1) is 0 Å². The molecular formula is C21H18N2O. The molecule has 0 atom stereocenters. The van der Waals surface area contributed by atoms with Crippen molar-refractivity contribution in [1.82, 2.24) is 9.55 Å². The molecule has 4 aromatic rings. The number of aromatic nitrogens is 2. The van der Waals surface area contributed by atoms with Crippen LogP contribution < -0.4 is 4.74 Å². The van der Waals surface area contributed by atoms with Crippen molar-refractivity contribution in [3.8, 4) is 5.75 Å². The number of fused-ring (bicyclic) bond motifs is 1. The monoisotopic (exact) mass is 314 g/mol. The maximum Gasteiger partial charge on any atom is 0.119 e. The average Bonchev–Trinajstić information content (AvgIpc) is 3.14. The van der Waals surface area contributed by atoms with E-state index in [-0.39, 0.29) is 0 Å². The molecule has 3 aromatic carbocycles. The van der Waals surface area contributed by atoms with Crippen molar-refractivity contribution in [3.05, 3.63) is 96.6 Å². The summed E-state index contributed by atoms with van der Waals surface area (Å²) in [5.41, 5.74) is 2.40. The summed E-state index contributed by atoms with van der Waals surface area (Å²) >= 11 is 0. The maximum atomic E-state index is 5.91. The molecule has 1 aromatic heterocycles. The van der Waals surface area contributed by atoms with Gasteiger partial charge in [0.1, 0.15) is 12.4 Å². The Morgan fingerprint density at radius 2 is 1.62 bits per heavy atom. The fourth-order valence-electron chi connectivity index (χ4n) is 2.78. The molecule has 0 saturated heterocycles. The van der Waals surface area contributed by atoms with Gasteiger partial charge < -0.3 is 9.30 Å². The minimum Gasteiger partial charge on any atom is -0.489 e. The van der Waals surface area contributed by atoms with E-state index in [0.717, 1.165) is 12.3 Å². The second kappa shape index (κ2) is 6.59. The van der Waals surface area contributed by atoms with Gasteiger partial charge in [0.15, 0.2) is 0 Å². The van der Waals surface area contributed by atoms with Gasteiger partial charge in [0.05, 0.1) is 6.33 Å². The molecule has 0 spiro atoms. The fraction of sp³-hybridized carbons (Fsp3) is 0.0952. The van der Waals surface area contributed by atoms with E-state index in [1.807, 2.05) is 29.2 Å². The predicted molar refractivity (Wildman–Crippen MR) is 96.1 cm³/mol. The van der Waals surface area contributed by atoms with Crippen LogP contribution in [0.2, 0.25) is 0 Å². The van der Waals surface area contributed by atoms with Gasteiger partial charge in [-0.1, -0.05) is 48.5 Å². The van der Waals surface area contributed by atoms with Gasteiger partial charge in [0, 0.05) is 18.9 Å². The zero-order valence-electron chi connectivity index (χ0n) is 13.3. The molecule has 0 bridgehead atoms. The van der Waals surface area contributed by atoms with Crippen molar-refractivity contribution >= 4 is 10.8 Å². The first kappa shape index (κ1) is 14.5. The van der Waals surface area contributed by atoms with Gasteiger partial charge in [-0.3, -0.25) is 0 Å². The lowest BCUT2D eigenvalue weighted by molar-refractivity contribution is 0.306. The van der Waals surface area contributed by atoms with Gasteiger partial charge in [0.2, 0.25) is 0 Å². The molecule has 3 heteroatoms. The van der Waals surface area contributed by atoms with E-state index < -0.39 is 0 Å². The van der Waals surface area contributed by atoms with E-state index in [2.05, 4.69) is 59.6 Å². The van der Waals surface area contributed by atoms with Crippen LogP contribution >= 0.6 is 0 Å². The number of rotatable bonds is 5. The largest absolute Gasteiger partial charge is 0.489 e. The molecule has 0 aliphatic heterocycles. The quantitative estimate of drug-likeness (QED) is 0.535. The fourth-order valence-corrected chi connectivity index (χ4v) is 2.78. The van der Waals surface area contributed by atoms with Gasteiger partial charge in [-0.2, -0.15) is 0 Å². The number of ether oxygens (including phenoxy) is 1. The summed E-state index contributed by atoms with van der Waals surface area (Å²) in [4.78, 5) is 4.06. The normalized spacial score (nSPS) is 10.8. The van der Waals surface area contributed by atoms with Crippen LogP contribution in [0.25, 0.3) is 10.8 Å². The predicted octanol–water partition coefficient (Wildman–Crippen LogP) is 4.66. The summed E-state index contributed by atoms with van der Waals surface area (Å²) in [6, 6.07) is 23.0. The molecule has 0 aliphatic rings. The average molecular weight is 314 g/mol. The molecule has 118 valence electrons. The first-order chi connectivity index (χ1) is 11.9. The smallest absolute Gasteiger partial charge is 0.119 e. The molecule has 4 rings (SSSR count). The second-order valence-electron chi connectivity index (χ2n) is 5.85. The van der Waals surface area contributed by atoms with Gasteiger partial charge >= 0.3 is 0 Å². The van der Waals surface area contributed by atoms with Crippen LogP contribution in [0.1, 0.15) is 11.1 Å². The molecular weight excluding hydrogens is 296 g/mol. The van der Waals surface area contributed by atoms with E-state index in [9.17, 15) is 0 Å². The number of hydrogen-bond acceptors (Lipinski definition) is 2. The highest BCUT2D eigenvalue weighted by Crippen LogP contribution is 2.18. The number of hydrogen-bond donors (Lipinski definition) is 0. The molecule has 0 N–H and O–H groups in total. The van der Waals surface area contributed by atoms with Crippen molar-refractivity contribution in [2.75, 3.05) is 0 Å². The molecule has 0 saturated carbocycles. The van der Waals surface area contributed by atoms with E-state index in [0.29, 0.717) is 6.61 Å². The summed E-state index contributed by atoms with van der Waals surface area (Å²) in [5.74, 6) is 0.887. The van der Waals surface area contributed by atoms with Gasteiger partial charge in [-0.15, -0.1) is 0 Å². The van der Waals surface area contributed by atoms with Crippen molar-refractivity contribution in [1.29, 1.82) is 0 Å². The van der Waals surface area contributed by atoms with Crippen LogP contribution in [0.4, 0.5) is 0 Å². The summed E-state index contributed by atoms with van der Waals surface area (Å²) < 4.78 is 7.96. The van der Waals surface area contributed by atoms with Crippen molar-refractivity contribution in [2.45, 2.75) is 13.2 Å². The Labute approximate surface area is 141 Å². The van der Waals surface area contributed by atoms with E-state index >= 15 is 0 Å². The molecule has 24 heavy (non-hydrogen) atoms. The molecule has 0 fully saturated rings. The molecule has 3 nitrogen and oxygen atoms in total. The maximum absolute atomic E-state index is 5.91. The standard InChI is InChI=1S/C21H18N2O/c1-2-4-20-13-18(5-8-19(20)3-1)15-24-21-9-6-17(7-10-21)14-23-12-11-22-16-23/h1-13,16H,14-15H2. The third kappa shape index (κ3) is 3.30. The topological polar surface area (TPSA) is 27.1 Å². The minimum atomic E-state index is 0.575. The first-order valence-electron chi connectivity index (χ1n) is 8.02. The Bertz CT molecular complexity index is 928. The van der Waals surface area contributed by atoms with Crippen molar-refractivity contribution in [3.63, 3.8) is 0 Å². The molecule has 0 aliphatic carbocycles. The molecule has 0 unspecified atom stereocenters. The lowest BCUT2D eigenvalue weighted by atomic mass is 10.1. The summed E-state index contributed by atoms with van der Waals surface area (Å²) in [5, 5.41) is 2.50. The molecule has 0 radical (unpaired) electrons. The third-order valence-electron chi connectivity index (χ3n) is 4.07. The van der Waals surface area contributed by atoms with Gasteiger partial charge in [-0.05, 0) is 40.1 Å². The Kier molecular flexibility index (Phi) is 3.98. The minimum absolute atomic E-state index is 0.575. The van der Waals surface area contributed by atoms with Crippen LogP contribution in [-0.2, 0) is 13.2 Å². The second-order valence-corrected chi connectivity index (χ2v) is 5.85. The van der Waals surface area contributed by atoms with Crippen molar-refractivity contribution < 1.29 is 4.74 Å². The molecule has 0 amide bonds. The lowest BCUT2D eigenvalue weighted by Gasteiger charge is -2.09. The number of imidazole rings is 1. The van der Waals surface area contributed by atoms with Crippen molar-refractivity contribution in [2.24, 2.45) is 0 Å². The van der Waals surface area contributed by atoms with Crippen LogP contribution in [0.5, 0.6) is 5.75 Å².